The van der Waals surface area contributed by atoms with Crippen LogP contribution in [0.3, 0.4) is 0 Å². The minimum atomic E-state index is -0.0693. The molecule has 6 nitrogen and oxygen atoms in total. The molecule has 0 aliphatic carbocycles. The Morgan fingerprint density at radius 2 is 1.70 bits per heavy atom. The Bertz CT molecular complexity index is 1170. The lowest BCUT2D eigenvalue weighted by molar-refractivity contribution is -0.119. The largest absolute Gasteiger partial charge is 0.467 e. The Hall–Kier alpha value is -3.32. The van der Waals surface area contributed by atoms with Crippen molar-refractivity contribution in [3.8, 4) is 11.4 Å². The number of hydrogen-bond donors (Lipinski definition) is 1. The number of furan rings is 1. The minimum Gasteiger partial charge on any atom is -0.467 e. The first-order valence-electron chi connectivity index (χ1n) is 11.0. The lowest BCUT2D eigenvalue weighted by Gasteiger charge is -2.15. The highest BCUT2D eigenvalue weighted by molar-refractivity contribution is 7.99. The van der Waals surface area contributed by atoms with Crippen LogP contribution in [0, 0.1) is 0 Å². The Kier molecular flexibility index (Phi) is 7.29. The van der Waals surface area contributed by atoms with Gasteiger partial charge in [-0.3, -0.25) is 9.36 Å². The van der Waals surface area contributed by atoms with Crippen molar-refractivity contribution >= 4 is 17.7 Å². The van der Waals surface area contributed by atoms with Gasteiger partial charge in [0.1, 0.15) is 5.76 Å². The molecule has 170 valence electrons. The second-order valence-corrected chi connectivity index (χ2v) is 9.18. The number of benzene rings is 2. The highest BCUT2D eigenvalue weighted by Crippen LogP contribution is 2.25. The summed E-state index contributed by atoms with van der Waals surface area (Å²) in [7, 11) is 0. The van der Waals surface area contributed by atoms with Crippen molar-refractivity contribution in [2.45, 2.75) is 44.4 Å². The van der Waals surface area contributed by atoms with E-state index in [0.29, 0.717) is 17.6 Å². The predicted octanol–water partition coefficient (Wildman–Crippen LogP) is 5.68. The van der Waals surface area contributed by atoms with Crippen LogP contribution in [0.4, 0.5) is 0 Å². The van der Waals surface area contributed by atoms with Crippen molar-refractivity contribution in [2.24, 2.45) is 0 Å². The molecule has 33 heavy (non-hydrogen) atoms. The summed E-state index contributed by atoms with van der Waals surface area (Å²) in [4.78, 5) is 12.7. The molecule has 2 aromatic heterocycles. The fraction of sp³-hybridized carbons (Fsp3) is 0.269. The molecule has 1 amide bonds. The summed E-state index contributed by atoms with van der Waals surface area (Å²) in [5.41, 5.74) is 3.34. The summed E-state index contributed by atoms with van der Waals surface area (Å²) >= 11 is 1.37. The van der Waals surface area contributed by atoms with Crippen LogP contribution < -0.4 is 5.32 Å². The minimum absolute atomic E-state index is 0.0470. The number of nitrogens with one attached hydrogen (secondary N) is 1. The number of nitrogens with zero attached hydrogens (tertiary/aromatic N) is 3. The van der Waals surface area contributed by atoms with Crippen LogP contribution in [0.2, 0.25) is 0 Å². The monoisotopic (exact) mass is 460 g/mol. The van der Waals surface area contributed by atoms with Crippen LogP contribution in [-0.4, -0.2) is 26.4 Å². The first-order chi connectivity index (χ1) is 16.0. The third-order valence-electron chi connectivity index (χ3n) is 5.46. The van der Waals surface area contributed by atoms with Crippen molar-refractivity contribution in [3.05, 3.63) is 89.9 Å². The molecule has 2 heterocycles. The van der Waals surface area contributed by atoms with Crippen molar-refractivity contribution in [1.29, 1.82) is 0 Å². The van der Waals surface area contributed by atoms with Gasteiger partial charge in [0.05, 0.1) is 24.6 Å². The maximum absolute atomic E-state index is 12.7. The first-order valence-corrected chi connectivity index (χ1v) is 12.0. The van der Waals surface area contributed by atoms with Gasteiger partial charge in [-0.25, -0.2) is 0 Å². The van der Waals surface area contributed by atoms with Gasteiger partial charge in [-0.05, 0) is 36.1 Å². The summed E-state index contributed by atoms with van der Waals surface area (Å²) in [5, 5.41) is 12.5. The van der Waals surface area contributed by atoms with Gasteiger partial charge in [0, 0.05) is 5.56 Å². The standard InChI is InChI=1S/C26H28N4O2S/c1-18(2)20-11-13-21(14-12-20)19(3)27-24(31)17-33-26-29-28-25(22-8-5-4-6-9-22)30(26)16-23-10-7-15-32-23/h4-15,18-19H,16-17H2,1-3H3,(H,27,31). The molecule has 4 aromatic rings. The lowest BCUT2D eigenvalue weighted by atomic mass is 10.00. The molecule has 7 heteroatoms. The molecule has 0 radical (unpaired) electrons. The zero-order chi connectivity index (χ0) is 23.2. The van der Waals surface area contributed by atoms with Gasteiger partial charge in [0.15, 0.2) is 11.0 Å². The SMILES string of the molecule is CC(C)c1ccc(C(C)NC(=O)CSc2nnc(-c3ccccc3)n2Cc2ccco2)cc1. The lowest BCUT2D eigenvalue weighted by Crippen LogP contribution is -2.28. The fourth-order valence-electron chi connectivity index (χ4n) is 3.56. The van der Waals surface area contributed by atoms with Crippen molar-refractivity contribution in [2.75, 3.05) is 5.75 Å². The average molecular weight is 461 g/mol. The highest BCUT2D eigenvalue weighted by Gasteiger charge is 2.18. The molecule has 4 rings (SSSR count). The maximum atomic E-state index is 12.7. The summed E-state index contributed by atoms with van der Waals surface area (Å²) in [6.07, 6.45) is 1.65. The quantitative estimate of drug-likeness (QED) is 0.325. The molecular formula is C26H28N4O2S. The van der Waals surface area contributed by atoms with Crippen molar-refractivity contribution in [3.63, 3.8) is 0 Å². The highest BCUT2D eigenvalue weighted by atomic mass is 32.2. The number of thioether (sulfide) groups is 1. The molecule has 0 fully saturated rings. The fourth-order valence-corrected chi connectivity index (χ4v) is 4.31. The topological polar surface area (TPSA) is 73.0 Å². The number of hydrogen-bond acceptors (Lipinski definition) is 5. The Morgan fingerprint density at radius 1 is 0.970 bits per heavy atom. The van der Waals surface area contributed by atoms with E-state index in [0.717, 1.165) is 22.7 Å². The summed E-state index contributed by atoms with van der Waals surface area (Å²) in [5.74, 6) is 2.23. The summed E-state index contributed by atoms with van der Waals surface area (Å²) in [6, 6.07) is 22.0. The van der Waals surface area contributed by atoms with E-state index in [9.17, 15) is 4.79 Å². The smallest absolute Gasteiger partial charge is 0.230 e. The van der Waals surface area contributed by atoms with E-state index in [1.54, 1.807) is 6.26 Å². The van der Waals surface area contributed by atoms with Crippen LogP contribution in [0.15, 0.2) is 82.6 Å². The summed E-state index contributed by atoms with van der Waals surface area (Å²) < 4.78 is 7.52. The molecule has 0 aliphatic rings. The molecule has 2 aromatic carbocycles. The van der Waals surface area contributed by atoms with E-state index in [1.807, 2.05) is 54.0 Å². The van der Waals surface area contributed by atoms with Crippen LogP contribution in [0.25, 0.3) is 11.4 Å². The van der Waals surface area contributed by atoms with E-state index in [2.05, 4.69) is 53.6 Å². The Morgan fingerprint density at radius 3 is 2.36 bits per heavy atom. The van der Waals surface area contributed by atoms with Crippen LogP contribution in [0.5, 0.6) is 0 Å². The van der Waals surface area contributed by atoms with Gasteiger partial charge < -0.3 is 9.73 Å². The Balaban J connectivity index is 1.44. The van der Waals surface area contributed by atoms with Crippen molar-refractivity contribution in [1.82, 2.24) is 20.1 Å². The van der Waals surface area contributed by atoms with Gasteiger partial charge in [0.2, 0.25) is 5.91 Å². The predicted molar refractivity (Wildman–Crippen MR) is 131 cm³/mol. The van der Waals surface area contributed by atoms with E-state index in [4.69, 9.17) is 4.42 Å². The van der Waals surface area contributed by atoms with E-state index >= 15 is 0 Å². The van der Waals surface area contributed by atoms with Gasteiger partial charge >= 0.3 is 0 Å². The molecule has 1 unspecified atom stereocenters. The second-order valence-electron chi connectivity index (χ2n) is 8.24. The maximum Gasteiger partial charge on any atom is 0.230 e. The van der Waals surface area contributed by atoms with Gasteiger partial charge in [-0.15, -0.1) is 10.2 Å². The van der Waals surface area contributed by atoms with Gasteiger partial charge in [0.25, 0.3) is 0 Å². The zero-order valence-corrected chi connectivity index (χ0v) is 19.9. The first kappa shape index (κ1) is 22.9. The van der Waals surface area contributed by atoms with Gasteiger partial charge in [-0.2, -0.15) is 0 Å². The van der Waals surface area contributed by atoms with Gasteiger partial charge in [-0.1, -0.05) is 80.2 Å². The third-order valence-corrected chi connectivity index (χ3v) is 6.42. The molecule has 0 aliphatic heterocycles. The third kappa shape index (κ3) is 5.73. The average Bonchev–Trinajstić information content (AvgIpc) is 3.49. The number of aromatic nitrogens is 3. The molecule has 0 saturated heterocycles. The summed E-state index contributed by atoms with van der Waals surface area (Å²) in [6.45, 7) is 6.84. The second kappa shape index (κ2) is 10.5. The van der Waals surface area contributed by atoms with Crippen LogP contribution in [-0.2, 0) is 11.3 Å². The molecule has 0 bridgehead atoms. The van der Waals surface area contributed by atoms with E-state index in [1.165, 1.54) is 17.3 Å². The normalized spacial score (nSPS) is 12.1. The van der Waals surface area contributed by atoms with Crippen molar-refractivity contribution < 1.29 is 9.21 Å². The Labute approximate surface area is 198 Å². The number of carbonyl (C=O) groups is 1. The molecule has 0 spiro atoms. The molecule has 1 N–H and O–H groups in total. The molecule has 0 saturated carbocycles. The molecular weight excluding hydrogens is 432 g/mol. The zero-order valence-electron chi connectivity index (χ0n) is 19.1. The molecule has 1 atom stereocenters. The number of rotatable bonds is 9. The van der Waals surface area contributed by atoms with Crippen LogP contribution in [0.1, 0.15) is 49.6 Å². The van der Waals surface area contributed by atoms with Crippen LogP contribution >= 0.6 is 11.8 Å². The number of carbonyl (C=O) groups excluding carboxylic acids is 1. The number of amides is 1. The van der Waals surface area contributed by atoms with E-state index < -0.39 is 0 Å². The van der Waals surface area contributed by atoms with E-state index in [-0.39, 0.29) is 17.7 Å².